The zero-order valence-corrected chi connectivity index (χ0v) is 15.5. The second kappa shape index (κ2) is 6.64. The molecule has 1 atom stereocenters. The lowest BCUT2D eigenvalue weighted by Gasteiger charge is -2.28. The zero-order valence-electron chi connectivity index (χ0n) is 14.7. The van der Waals surface area contributed by atoms with Crippen LogP contribution in [0.1, 0.15) is 22.2 Å². The number of fused-ring (bicyclic) bond motifs is 3. The van der Waals surface area contributed by atoms with Crippen molar-refractivity contribution in [2.75, 3.05) is 17.7 Å². The van der Waals surface area contributed by atoms with Crippen molar-refractivity contribution < 1.29 is 9.84 Å². The van der Waals surface area contributed by atoms with Crippen molar-refractivity contribution in [1.82, 2.24) is 0 Å². The Morgan fingerprint density at radius 1 is 1.27 bits per heavy atom. The third-order valence-corrected chi connectivity index (χ3v) is 5.63. The molecule has 26 heavy (non-hydrogen) atoms. The average molecular weight is 367 g/mol. The van der Waals surface area contributed by atoms with Crippen molar-refractivity contribution in [2.45, 2.75) is 19.7 Å². The van der Waals surface area contributed by atoms with Crippen LogP contribution in [-0.2, 0) is 6.54 Å². The van der Waals surface area contributed by atoms with Gasteiger partial charge in [-0.15, -0.1) is 11.3 Å². The largest absolute Gasteiger partial charge is 0.495 e. The predicted molar refractivity (Wildman–Crippen MR) is 107 cm³/mol. The highest BCUT2D eigenvalue weighted by molar-refractivity contribution is 7.10. The summed E-state index contributed by atoms with van der Waals surface area (Å²) >= 11 is 1.54. The number of rotatable bonds is 4. The number of thiophene rings is 1. The van der Waals surface area contributed by atoms with Crippen LogP contribution in [0.3, 0.4) is 0 Å². The summed E-state index contributed by atoms with van der Waals surface area (Å²) in [6.45, 7) is 2.53. The molecule has 0 saturated carbocycles. The van der Waals surface area contributed by atoms with E-state index in [-0.39, 0.29) is 0 Å². The highest BCUT2D eigenvalue weighted by atomic mass is 32.1. The van der Waals surface area contributed by atoms with Crippen LogP contribution < -0.4 is 21.1 Å². The lowest BCUT2D eigenvalue weighted by atomic mass is 9.94. The quantitative estimate of drug-likeness (QED) is 0.551. The van der Waals surface area contributed by atoms with Crippen LogP contribution in [0.15, 0.2) is 41.8 Å². The fourth-order valence-electron chi connectivity index (χ4n) is 3.34. The third-order valence-electron chi connectivity index (χ3n) is 4.66. The van der Waals surface area contributed by atoms with Crippen molar-refractivity contribution in [3.8, 4) is 16.9 Å². The Labute approximate surface area is 156 Å². The number of nitrogens with one attached hydrogen (secondary N) is 2. The van der Waals surface area contributed by atoms with E-state index in [1.54, 1.807) is 18.4 Å². The van der Waals surface area contributed by atoms with Crippen LogP contribution in [0.25, 0.3) is 11.1 Å². The summed E-state index contributed by atoms with van der Waals surface area (Å²) in [7, 11) is 1.67. The number of anilines is 3. The van der Waals surface area contributed by atoms with E-state index in [0.29, 0.717) is 6.54 Å². The van der Waals surface area contributed by atoms with Gasteiger partial charge in [-0.3, -0.25) is 0 Å². The molecule has 1 aliphatic rings. The van der Waals surface area contributed by atoms with Crippen molar-refractivity contribution in [3.05, 3.63) is 57.8 Å². The molecule has 0 bridgehead atoms. The average Bonchev–Trinajstić information content (AvgIpc) is 3.15. The van der Waals surface area contributed by atoms with Crippen molar-refractivity contribution in [2.24, 2.45) is 5.73 Å². The number of methoxy groups -OCH3 is 1. The lowest BCUT2D eigenvalue weighted by Crippen LogP contribution is -2.16. The summed E-state index contributed by atoms with van der Waals surface area (Å²) in [5, 5.41) is 19.1. The highest BCUT2D eigenvalue weighted by Crippen LogP contribution is 2.51. The lowest BCUT2D eigenvalue weighted by molar-refractivity contribution is 0.211. The first-order valence-electron chi connectivity index (χ1n) is 8.42. The summed E-state index contributed by atoms with van der Waals surface area (Å²) in [6.07, 6.45) is -0.693. The van der Waals surface area contributed by atoms with Crippen molar-refractivity contribution in [3.63, 3.8) is 0 Å². The van der Waals surface area contributed by atoms with E-state index in [1.165, 1.54) is 0 Å². The first kappa shape index (κ1) is 16.9. The second-order valence-electron chi connectivity index (χ2n) is 6.29. The van der Waals surface area contributed by atoms with Crippen LogP contribution in [0.4, 0.5) is 17.1 Å². The second-order valence-corrected chi connectivity index (χ2v) is 7.24. The van der Waals surface area contributed by atoms with Gasteiger partial charge in [-0.1, -0.05) is 12.1 Å². The summed E-state index contributed by atoms with van der Waals surface area (Å²) in [6, 6.07) is 12.1. The maximum Gasteiger partial charge on any atom is 0.160 e. The highest BCUT2D eigenvalue weighted by Gasteiger charge is 2.29. The Bertz CT molecular complexity index is 950. The normalized spacial score (nSPS) is 15.0. The van der Waals surface area contributed by atoms with E-state index in [4.69, 9.17) is 10.5 Å². The Morgan fingerprint density at radius 3 is 2.73 bits per heavy atom. The Hall–Kier alpha value is -2.54. The van der Waals surface area contributed by atoms with Gasteiger partial charge < -0.3 is 26.2 Å². The first-order chi connectivity index (χ1) is 12.6. The molecule has 3 aromatic rings. The number of benzene rings is 2. The standard InChI is InChI=1S/C20H21N3O2S/c1-11-9-15(25-2)18(22-13-5-3-12(10-21)4-6-13)16-14-7-8-26-19(14)20(24)23-17(11)16/h3-9,20,22-24H,10,21H2,1-2H3. The van der Waals surface area contributed by atoms with Crippen LogP contribution in [0, 0.1) is 6.92 Å². The van der Waals surface area contributed by atoms with Gasteiger partial charge >= 0.3 is 0 Å². The van der Waals surface area contributed by atoms with Gasteiger partial charge in [-0.2, -0.15) is 0 Å². The number of nitrogens with two attached hydrogens (primary N) is 1. The fraction of sp³-hybridized carbons (Fsp3) is 0.200. The summed E-state index contributed by atoms with van der Waals surface area (Å²) in [5.41, 5.74) is 12.6. The Kier molecular flexibility index (Phi) is 4.32. The maximum absolute atomic E-state index is 10.4. The molecule has 0 aliphatic carbocycles. The van der Waals surface area contributed by atoms with E-state index in [0.717, 1.165) is 49.9 Å². The van der Waals surface area contributed by atoms with Gasteiger partial charge in [0, 0.05) is 29.0 Å². The number of aliphatic hydroxyl groups is 1. The molecule has 1 aliphatic heterocycles. The number of hydrogen-bond acceptors (Lipinski definition) is 6. The van der Waals surface area contributed by atoms with Crippen LogP contribution in [-0.4, -0.2) is 12.2 Å². The number of aryl methyl sites for hydroxylation is 1. The number of aliphatic hydroxyl groups excluding tert-OH is 1. The van der Waals surface area contributed by atoms with E-state index < -0.39 is 6.23 Å². The van der Waals surface area contributed by atoms with Gasteiger partial charge in [0.05, 0.1) is 17.7 Å². The minimum atomic E-state index is -0.693. The third kappa shape index (κ3) is 2.72. The van der Waals surface area contributed by atoms with Gasteiger partial charge in [-0.25, -0.2) is 0 Å². The van der Waals surface area contributed by atoms with Crippen LogP contribution in [0.2, 0.25) is 0 Å². The molecule has 1 aromatic heterocycles. The molecule has 1 unspecified atom stereocenters. The predicted octanol–water partition coefficient (Wildman–Crippen LogP) is 4.35. The topological polar surface area (TPSA) is 79.5 Å². The molecule has 2 aromatic carbocycles. The molecule has 0 saturated heterocycles. The maximum atomic E-state index is 10.4. The zero-order chi connectivity index (χ0) is 18.3. The Balaban J connectivity index is 1.88. The molecule has 134 valence electrons. The molecule has 4 rings (SSSR count). The van der Waals surface area contributed by atoms with Crippen molar-refractivity contribution >= 4 is 28.4 Å². The molecular formula is C20H21N3O2S. The van der Waals surface area contributed by atoms with Gasteiger partial charge in [0.1, 0.15) is 5.75 Å². The first-order valence-corrected chi connectivity index (χ1v) is 9.30. The van der Waals surface area contributed by atoms with E-state index in [1.807, 2.05) is 48.7 Å². The number of hydrogen-bond donors (Lipinski definition) is 4. The number of ether oxygens (including phenoxy) is 1. The molecule has 5 N–H and O–H groups in total. The molecule has 2 heterocycles. The molecule has 5 nitrogen and oxygen atoms in total. The smallest absolute Gasteiger partial charge is 0.160 e. The van der Waals surface area contributed by atoms with Crippen LogP contribution in [0.5, 0.6) is 5.75 Å². The molecule has 6 heteroatoms. The van der Waals surface area contributed by atoms with Gasteiger partial charge in [0.2, 0.25) is 0 Å². The van der Waals surface area contributed by atoms with E-state index in [2.05, 4.69) is 10.6 Å². The summed E-state index contributed by atoms with van der Waals surface area (Å²) in [4.78, 5) is 0.909. The van der Waals surface area contributed by atoms with Gasteiger partial charge in [-0.05, 0) is 47.7 Å². The van der Waals surface area contributed by atoms with Gasteiger partial charge in [0.15, 0.2) is 6.23 Å². The summed E-state index contributed by atoms with van der Waals surface area (Å²) in [5.74, 6) is 0.763. The van der Waals surface area contributed by atoms with E-state index >= 15 is 0 Å². The molecule has 0 radical (unpaired) electrons. The monoisotopic (exact) mass is 367 g/mol. The fourth-order valence-corrected chi connectivity index (χ4v) is 4.17. The minimum absolute atomic E-state index is 0.517. The van der Waals surface area contributed by atoms with Crippen LogP contribution >= 0.6 is 11.3 Å². The Morgan fingerprint density at radius 2 is 2.04 bits per heavy atom. The molecule has 0 fully saturated rings. The van der Waals surface area contributed by atoms with Crippen molar-refractivity contribution in [1.29, 1.82) is 0 Å². The SMILES string of the molecule is COc1cc(C)c2c(c1Nc1ccc(CN)cc1)-c1ccsc1C(O)N2. The molecular weight excluding hydrogens is 346 g/mol. The van der Waals surface area contributed by atoms with E-state index in [9.17, 15) is 5.11 Å². The van der Waals surface area contributed by atoms with Gasteiger partial charge in [0.25, 0.3) is 0 Å². The minimum Gasteiger partial charge on any atom is -0.495 e. The molecule has 0 spiro atoms. The molecule has 0 amide bonds. The summed E-state index contributed by atoms with van der Waals surface area (Å²) < 4.78 is 5.66.